The Morgan fingerprint density at radius 3 is 2.31 bits per heavy atom. The van der Waals surface area contributed by atoms with Gasteiger partial charge in [-0.2, -0.15) is 0 Å². The SMILES string of the molecule is COc1c(C)cc([C@@H](N)CCCO)cc1C. The molecular formula is C13H21NO2. The fraction of sp³-hybridized carbons (Fsp3) is 0.538. The van der Waals surface area contributed by atoms with Gasteiger partial charge in [-0.25, -0.2) is 0 Å². The molecule has 3 N–H and O–H groups in total. The zero-order valence-corrected chi connectivity index (χ0v) is 10.3. The van der Waals surface area contributed by atoms with E-state index in [-0.39, 0.29) is 12.6 Å². The molecule has 1 rings (SSSR count). The van der Waals surface area contributed by atoms with Gasteiger partial charge in [0.2, 0.25) is 0 Å². The summed E-state index contributed by atoms with van der Waals surface area (Å²) in [5.74, 6) is 0.929. The van der Waals surface area contributed by atoms with Gasteiger partial charge in [0.15, 0.2) is 0 Å². The number of aliphatic hydroxyl groups is 1. The topological polar surface area (TPSA) is 55.5 Å². The Hall–Kier alpha value is -1.06. The predicted octanol–water partition coefficient (Wildman–Crippen LogP) is 2.08. The first-order valence-electron chi connectivity index (χ1n) is 5.61. The molecule has 1 atom stereocenters. The third kappa shape index (κ3) is 2.97. The molecule has 0 fully saturated rings. The number of nitrogens with two attached hydrogens (primary N) is 1. The van der Waals surface area contributed by atoms with Gasteiger partial charge in [-0.15, -0.1) is 0 Å². The monoisotopic (exact) mass is 223 g/mol. The smallest absolute Gasteiger partial charge is 0.124 e. The van der Waals surface area contributed by atoms with Crippen molar-refractivity contribution in [2.45, 2.75) is 32.7 Å². The van der Waals surface area contributed by atoms with Gasteiger partial charge < -0.3 is 15.6 Å². The van der Waals surface area contributed by atoms with E-state index in [2.05, 4.69) is 12.1 Å². The number of methoxy groups -OCH3 is 1. The molecular weight excluding hydrogens is 202 g/mol. The van der Waals surface area contributed by atoms with Gasteiger partial charge in [0, 0.05) is 12.6 Å². The minimum absolute atomic E-state index is 0.00421. The molecule has 90 valence electrons. The van der Waals surface area contributed by atoms with Crippen LogP contribution in [0.15, 0.2) is 12.1 Å². The van der Waals surface area contributed by atoms with Crippen LogP contribution in [-0.4, -0.2) is 18.8 Å². The molecule has 0 aliphatic heterocycles. The van der Waals surface area contributed by atoms with E-state index in [1.807, 2.05) is 13.8 Å². The van der Waals surface area contributed by atoms with Crippen LogP contribution in [0.2, 0.25) is 0 Å². The minimum Gasteiger partial charge on any atom is -0.496 e. The van der Waals surface area contributed by atoms with Gasteiger partial charge in [-0.1, -0.05) is 12.1 Å². The predicted molar refractivity (Wildman–Crippen MR) is 65.7 cm³/mol. The maximum atomic E-state index is 8.78. The van der Waals surface area contributed by atoms with Crippen LogP contribution in [-0.2, 0) is 0 Å². The van der Waals surface area contributed by atoms with Crippen LogP contribution in [0, 0.1) is 13.8 Å². The van der Waals surface area contributed by atoms with E-state index in [0.29, 0.717) is 0 Å². The van der Waals surface area contributed by atoms with Gasteiger partial charge in [-0.3, -0.25) is 0 Å². The maximum absolute atomic E-state index is 8.78. The molecule has 0 aliphatic carbocycles. The molecule has 1 aromatic rings. The molecule has 0 amide bonds. The van der Waals surface area contributed by atoms with E-state index in [1.165, 1.54) is 0 Å². The first kappa shape index (κ1) is 13.0. The fourth-order valence-corrected chi connectivity index (χ4v) is 2.00. The number of hydrogen-bond donors (Lipinski definition) is 2. The van der Waals surface area contributed by atoms with Crippen LogP contribution in [0.25, 0.3) is 0 Å². The average Bonchev–Trinajstić information content (AvgIpc) is 2.25. The third-order valence-corrected chi connectivity index (χ3v) is 2.79. The van der Waals surface area contributed by atoms with Crippen LogP contribution in [0.1, 0.15) is 35.6 Å². The van der Waals surface area contributed by atoms with Crippen LogP contribution in [0.4, 0.5) is 0 Å². The van der Waals surface area contributed by atoms with Gasteiger partial charge in [0.1, 0.15) is 5.75 Å². The Morgan fingerprint density at radius 2 is 1.88 bits per heavy atom. The molecule has 0 radical (unpaired) electrons. The van der Waals surface area contributed by atoms with Crippen molar-refractivity contribution >= 4 is 0 Å². The summed E-state index contributed by atoms with van der Waals surface area (Å²) in [5.41, 5.74) is 9.39. The van der Waals surface area contributed by atoms with E-state index in [1.54, 1.807) is 7.11 Å². The summed E-state index contributed by atoms with van der Waals surface area (Å²) >= 11 is 0. The Bertz CT molecular complexity index is 327. The summed E-state index contributed by atoms with van der Waals surface area (Å²) in [4.78, 5) is 0. The molecule has 0 spiro atoms. The van der Waals surface area contributed by atoms with Gasteiger partial charge in [0.25, 0.3) is 0 Å². The van der Waals surface area contributed by atoms with Gasteiger partial charge in [0.05, 0.1) is 7.11 Å². The molecule has 0 saturated heterocycles. The zero-order chi connectivity index (χ0) is 12.1. The van der Waals surface area contributed by atoms with Crippen molar-refractivity contribution < 1.29 is 9.84 Å². The summed E-state index contributed by atoms with van der Waals surface area (Å²) in [6.07, 6.45) is 1.55. The Morgan fingerprint density at radius 1 is 1.31 bits per heavy atom. The average molecular weight is 223 g/mol. The number of benzene rings is 1. The first-order chi connectivity index (χ1) is 7.60. The highest BCUT2D eigenvalue weighted by Gasteiger charge is 2.10. The highest BCUT2D eigenvalue weighted by Crippen LogP contribution is 2.27. The molecule has 0 unspecified atom stereocenters. The van der Waals surface area contributed by atoms with E-state index in [0.717, 1.165) is 35.3 Å². The second-order valence-electron chi connectivity index (χ2n) is 4.16. The van der Waals surface area contributed by atoms with Crippen molar-refractivity contribution in [3.63, 3.8) is 0 Å². The lowest BCUT2D eigenvalue weighted by Crippen LogP contribution is -2.11. The van der Waals surface area contributed by atoms with E-state index < -0.39 is 0 Å². The van der Waals surface area contributed by atoms with E-state index >= 15 is 0 Å². The molecule has 0 bridgehead atoms. The van der Waals surface area contributed by atoms with Crippen LogP contribution in [0.5, 0.6) is 5.75 Å². The van der Waals surface area contributed by atoms with Gasteiger partial charge in [-0.05, 0) is 43.4 Å². The zero-order valence-electron chi connectivity index (χ0n) is 10.3. The van der Waals surface area contributed by atoms with Crippen molar-refractivity contribution in [2.75, 3.05) is 13.7 Å². The van der Waals surface area contributed by atoms with Gasteiger partial charge >= 0.3 is 0 Å². The summed E-state index contributed by atoms with van der Waals surface area (Å²) in [6.45, 7) is 4.24. The lowest BCUT2D eigenvalue weighted by Gasteiger charge is -2.16. The lowest BCUT2D eigenvalue weighted by atomic mass is 9.98. The summed E-state index contributed by atoms with van der Waals surface area (Å²) in [6, 6.07) is 4.12. The number of hydrogen-bond acceptors (Lipinski definition) is 3. The lowest BCUT2D eigenvalue weighted by molar-refractivity contribution is 0.280. The highest BCUT2D eigenvalue weighted by atomic mass is 16.5. The summed E-state index contributed by atoms with van der Waals surface area (Å²) in [7, 11) is 1.68. The minimum atomic E-state index is -0.00421. The number of ether oxygens (including phenoxy) is 1. The Labute approximate surface area is 97.2 Å². The molecule has 1 aromatic carbocycles. The summed E-state index contributed by atoms with van der Waals surface area (Å²) < 4.78 is 5.31. The Balaban J connectivity index is 2.90. The molecule has 0 heterocycles. The molecule has 0 saturated carbocycles. The highest BCUT2D eigenvalue weighted by molar-refractivity contribution is 5.44. The fourth-order valence-electron chi connectivity index (χ4n) is 2.00. The second kappa shape index (κ2) is 5.87. The molecule has 3 heteroatoms. The Kier molecular flexibility index (Phi) is 4.77. The van der Waals surface area contributed by atoms with Crippen molar-refractivity contribution in [1.82, 2.24) is 0 Å². The molecule has 0 aromatic heterocycles. The van der Waals surface area contributed by atoms with Crippen molar-refractivity contribution in [3.05, 3.63) is 28.8 Å². The van der Waals surface area contributed by atoms with Crippen molar-refractivity contribution in [3.8, 4) is 5.75 Å². The van der Waals surface area contributed by atoms with Crippen molar-refractivity contribution in [2.24, 2.45) is 5.73 Å². The number of aliphatic hydroxyl groups excluding tert-OH is 1. The molecule has 3 nitrogen and oxygen atoms in total. The normalized spacial score (nSPS) is 12.6. The van der Waals surface area contributed by atoms with E-state index in [4.69, 9.17) is 15.6 Å². The number of aryl methyl sites for hydroxylation is 2. The third-order valence-electron chi connectivity index (χ3n) is 2.79. The number of rotatable bonds is 5. The van der Waals surface area contributed by atoms with Crippen LogP contribution in [0.3, 0.4) is 0 Å². The quantitative estimate of drug-likeness (QED) is 0.803. The van der Waals surface area contributed by atoms with Crippen molar-refractivity contribution in [1.29, 1.82) is 0 Å². The van der Waals surface area contributed by atoms with Crippen LogP contribution >= 0.6 is 0 Å². The van der Waals surface area contributed by atoms with Crippen LogP contribution < -0.4 is 10.5 Å². The first-order valence-corrected chi connectivity index (χ1v) is 5.61. The maximum Gasteiger partial charge on any atom is 0.124 e. The van der Waals surface area contributed by atoms with E-state index in [9.17, 15) is 0 Å². The largest absolute Gasteiger partial charge is 0.496 e. The second-order valence-corrected chi connectivity index (χ2v) is 4.16. The summed E-state index contributed by atoms with van der Waals surface area (Å²) in [5, 5.41) is 8.78. The molecule has 16 heavy (non-hydrogen) atoms. The standard InChI is InChI=1S/C13H21NO2/c1-9-7-11(12(14)5-4-6-15)8-10(2)13(9)16-3/h7-8,12,15H,4-6,14H2,1-3H3/t12-/m0/s1. The molecule has 0 aliphatic rings.